The van der Waals surface area contributed by atoms with E-state index < -0.39 is 9.84 Å². The van der Waals surface area contributed by atoms with Crippen molar-refractivity contribution in [2.24, 2.45) is 0 Å². The largest absolute Gasteiger partial charge is 0.348 e. The summed E-state index contributed by atoms with van der Waals surface area (Å²) in [5.74, 6) is -0.128. The third-order valence-electron chi connectivity index (χ3n) is 5.52. The summed E-state index contributed by atoms with van der Waals surface area (Å²) in [6, 6.07) is 18.1. The highest BCUT2D eigenvalue weighted by Gasteiger charge is 2.14. The second-order valence-corrected chi connectivity index (χ2v) is 10.1. The second kappa shape index (κ2) is 8.36. The molecule has 0 aliphatic rings. The normalized spacial score (nSPS) is 11.8. The van der Waals surface area contributed by atoms with Gasteiger partial charge in [0.15, 0.2) is 9.84 Å². The van der Waals surface area contributed by atoms with Gasteiger partial charge in [-0.25, -0.2) is 8.42 Å². The Morgan fingerprint density at radius 1 is 0.935 bits per heavy atom. The van der Waals surface area contributed by atoms with Gasteiger partial charge < -0.3 is 9.88 Å². The van der Waals surface area contributed by atoms with Gasteiger partial charge in [0.05, 0.1) is 10.6 Å². The highest BCUT2D eigenvalue weighted by Crippen LogP contribution is 2.31. The monoisotopic (exact) mass is 454 g/mol. The van der Waals surface area contributed by atoms with E-state index in [0.29, 0.717) is 22.0 Å². The first-order valence-electron chi connectivity index (χ1n) is 10.2. The average Bonchev–Trinajstić information content (AvgIpc) is 3.09. The molecule has 0 saturated heterocycles. The molecule has 0 unspecified atom stereocenters. The van der Waals surface area contributed by atoms with Crippen molar-refractivity contribution in [1.29, 1.82) is 0 Å². The Bertz CT molecular complexity index is 1390. The van der Waals surface area contributed by atoms with E-state index in [1.165, 1.54) is 0 Å². The lowest BCUT2D eigenvalue weighted by atomic mass is 10.1. The predicted molar refractivity (Wildman–Crippen MR) is 125 cm³/mol. The van der Waals surface area contributed by atoms with Gasteiger partial charge >= 0.3 is 0 Å². The Kier molecular flexibility index (Phi) is 5.77. The van der Waals surface area contributed by atoms with Gasteiger partial charge in [0.2, 0.25) is 0 Å². The molecule has 1 heterocycles. The molecule has 7 heteroatoms. The van der Waals surface area contributed by atoms with Gasteiger partial charge in [0.25, 0.3) is 5.91 Å². The molecule has 0 saturated carbocycles. The molecule has 0 spiro atoms. The number of aryl methyl sites for hydroxylation is 1. The number of nitrogens with zero attached hydrogens (tertiary/aromatic N) is 1. The standard InChI is InChI=1S/C24H23ClN2O3S/c1-3-27-22-11-7-17(13-20(22)21-14-18(25)8-12-23(21)27)24(28)26-15-16-5-9-19(10-6-16)31(29,30)4-2/h5-14H,3-4,15H2,1-2H3,(H,26,28). The van der Waals surface area contributed by atoms with Crippen LogP contribution in [0.2, 0.25) is 5.02 Å². The van der Waals surface area contributed by atoms with E-state index in [1.54, 1.807) is 31.2 Å². The number of hydrogen-bond acceptors (Lipinski definition) is 3. The van der Waals surface area contributed by atoms with E-state index in [1.807, 2.05) is 36.4 Å². The molecule has 0 aliphatic heterocycles. The minimum atomic E-state index is -3.23. The number of aromatic nitrogens is 1. The van der Waals surface area contributed by atoms with Crippen LogP contribution in [0.5, 0.6) is 0 Å². The predicted octanol–water partition coefficient (Wildman–Crippen LogP) is 5.19. The number of sulfone groups is 1. The average molecular weight is 455 g/mol. The third kappa shape index (κ3) is 4.05. The van der Waals surface area contributed by atoms with Crippen LogP contribution >= 0.6 is 11.6 Å². The van der Waals surface area contributed by atoms with E-state index in [0.717, 1.165) is 33.9 Å². The fourth-order valence-electron chi connectivity index (χ4n) is 3.82. The maximum atomic E-state index is 12.8. The zero-order valence-corrected chi connectivity index (χ0v) is 18.9. The maximum Gasteiger partial charge on any atom is 0.251 e. The van der Waals surface area contributed by atoms with Crippen LogP contribution < -0.4 is 5.32 Å². The number of rotatable bonds is 6. The van der Waals surface area contributed by atoms with Crippen molar-refractivity contribution in [3.8, 4) is 0 Å². The molecule has 1 N–H and O–H groups in total. The molecule has 0 bridgehead atoms. The van der Waals surface area contributed by atoms with Gasteiger partial charge in [0, 0.05) is 45.5 Å². The van der Waals surface area contributed by atoms with Crippen LogP contribution in [-0.4, -0.2) is 24.6 Å². The summed E-state index contributed by atoms with van der Waals surface area (Å²) in [5.41, 5.74) is 3.54. The van der Waals surface area contributed by atoms with Crippen LogP contribution in [0, 0.1) is 0 Å². The summed E-state index contributed by atoms with van der Waals surface area (Å²) in [6.45, 7) is 4.83. The molecule has 31 heavy (non-hydrogen) atoms. The van der Waals surface area contributed by atoms with Crippen molar-refractivity contribution in [3.63, 3.8) is 0 Å². The summed E-state index contributed by atoms with van der Waals surface area (Å²) in [6.07, 6.45) is 0. The number of benzene rings is 3. The zero-order valence-electron chi connectivity index (χ0n) is 17.4. The highest BCUT2D eigenvalue weighted by molar-refractivity contribution is 7.91. The lowest BCUT2D eigenvalue weighted by Crippen LogP contribution is -2.22. The van der Waals surface area contributed by atoms with Crippen LogP contribution in [-0.2, 0) is 22.9 Å². The summed E-state index contributed by atoms with van der Waals surface area (Å²) >= 11 is 6.21. The lowest BCUT2D eigenvalue weighted by Gasteiger charge is -2.08. The Balaban J connectivity index is 1.58. The van der Waals surface area contributed by atoms with E-state index in [-0.39, 0.29) is 11.7 Å². The molecule has 0 aliphatic carbocycles. The van der Waals surface area contributed by atoms with Crippen LogP contribution in [0.15, 0.2) is 65.6 Å². The van der Waals surface area contributed by atoms with E-state index in [2.05, 4.69) is 16.8 Å². The van der Waals surface area contributed by atoms with Crippen molar-refractivity contribution in [1.82, 2.24) is 9.88 Å². The van der Waals surface area contributed by atoms with Crippen LogP contribution in [0.1, 0.15) is 29.8 Å². The molecule has 160 valence electrons. The molecule has 3 aromatic carbocycles. The van der Waals surface area contributed by atoms with E-state index >= 15 is 0 Å². The molecule has 0 fully saturated rings. The van der Waals surface area contributed by atoms with Gasteiger partial charge in [-0.1, -0.05) is 30.7 Å². The van der Waals surface area contributed by atoms with Gasteiger partial charge in [-0.15, -0.1) is 0 Å². The summed E-state index contributed by atoms with van der Waals surface area (Å²) in [4.78, 5) is 13.1. The first-order valence-corrected chi connectivity index (χ1v) is 12.2. The topological polar surface area (TPSA) is 68.2 Å². The molecule has 4 rings (SSSR count). The van der Waals surface area contributed by atoms with Crippen molar-refractivity contribution >= 4 is 49.2 Å². The maximum absolute atomic E-state index is 12.8. The molecule has 1 aromatic heterocycles. The Morgan fingerprint density at radius 2 is 1.58 bits per heavy atom. The molecule has 5 nitrogen and oxygen atoms in total. The molecule has 0 atom stereocenters. The minimum absolute atomic E-state index is 0.0607. The zero-order chi connectivity index (χ0) is 22.2. The fraction of sp³-hybridized carbons (Fsp3) is 0.208. The van der Waals surface area contributed by atoms with Gasteiger partial charge in [0.1, 0.15) is 0 Å². The SMILES string of the molecule is CCn1c2ccc(Cl)cc2c2cc(C(=O)NCc3ccc(S(=O)(=O)CC)cc3)ccc21. The van der Waals surface area contributed by atoms with E-state index in [4.69, 9.17) is 11.6 Å². The van der Waals surface area contributed by atoms with Gasteiger partial charge in [-0.3, -0.25) is 4.79 Å². The molecular weight excluding hydrogens is 432 g/mol. The fourth-order valence-corrected chi connectivity index (χ4v) is 4.88. The highest BCUT2D eigenvalue weighted by atomic mass is 35.5. The minimum Gasteiger partial charge on any atom is -0.348 e. The number of hydrogen-bond donors (Lipinski definition) is 1. The van der Waals surface area contributed by atoms with E-state index in [9.17, 15) is 13.2 Å². The summed E-state index contributed by atoms with van der Waals surface area (Å²) in [7, 11) is -3.23. The van der Waals surface area contributed by atoms with Crippen molar-refractivity contribution in [3.05, 3.63) is 76.8 Å². The van der Waals surface area contributed by atoms with Gasteiger partial charge in [-0.2, -0.15) is 0 Å². The van der Waals surface area contributed by atoms with Crippen molar-refractivity contribution in [2.45, 2.75) is 31.8 Å². The number of amides is 1. The number of carbonyl (C=O) groups excluding carboxylic acids is 1. The van der Waals surface area contributed by atoms with Crippen molar-refractivity contribution in [2.75, 3.05) is 5.75 Å². The van der Waals surface area contributed by atoms with Crippen LogP contribution in [0.4, 0.5) is 0 Å². The smallest absolute Gasteiger partial charge is 0.251 e. The molecular formula is C24H23ClN2O3S. The molecule has 4 aromatic rings. The first kappa shape index (κ1) is 21.4. The van der Waals surface area contributed by atoms with Crippen molar-refractivity contribution < 1.29 is 13.2 Å². The van der Waals surface area contributed by atoms with Crippen LogP contribution in [0.25, 0.3) is 21.8 Å². The summed E-state index contributed by atoms with van der Waals surface area (Å²) in [5, 5.41) is 5.58. The Hall–Kier alpha value is -2.83. The Morgan fingerprint density at radius 3 is 2.23 bits per heavy atom. The third-order valence-corrected chi connectivity index (χ3v) is 7.51. The number of carbonyl (C=O) groups is 1. The summed E-state index contributed by atoms with van der Waals surface area (Å²) < 4.78 is 26.1. The van der Waals surface area contributed by atoms with Crippen LogP contribution in [0.3, 0.4) is 0 Å². The molecule has 0 radical (unpaired) electrons. The Labute approximate surface area is 186 Å². The number of fused-ring (bicyclic) bond motifs is 3. The number of nitrogens with one attached hydrogen (secondary N) is 1. The molecule has 1 amide bonds. The lowest BCUT2D eigenvalue weighted by molar-refractivity contribution is 0.0951. The second-order valence-electron chi connectivity index (χ2n) is 7.37. The quantitative estimate of drug-likeness (QED) is 0.435. The van der Waals surface area contributed by atoms with Gasteiger partial charge in [-0.05, 0) is 61.0 Å². The number of halogens is 1. The first-order chi connectivity index (χ1) is 14.8.